The third kappa shape index (κ3) is 2.56. The van der Waals surface area contributed by atoms with Crippen molar-refractivity contribution in [2.24, 2.45) is 0 Å². The van der Waals surface area contributed by atoms with Crippen LogP contribution in [-0.2, 0) is 31.0 Å². The molecule has 1 aliphatic rings. The van der Waals surface area contributed by atoms with Crippen molar-refractivity contribution in [1.29, 1.82) is 0 Å². The normalized spacial score (nSPS) is 24.7. The summed E-state index contributed by atoms with van der Waals surface area (Å²) in [7, 11) is 1.09. The number of carbonyl (C=O) groups is 3. The first-order valence-electron chi connectivity index (χ1n) is 8.37. The van der Waals surface area contributed by atoms with Crippen molar-refractivity contribution < 1.29 is 28.8 Å². The molecule has 1 aromatic heterocycles. The third-order valence-corrected chi connectivity index (χ3v) is 5.15. The molecule has 27 heavy (non-hydrogen) atoms. The standard InChI is InChI=1S/C19H20N2O6/c1-11-14(12(2)27-21-11)9-18(13-7-5-4-6-8-13)15(23)19(10-22,17(25)26-3)20-16(18)24/h4-8,22H,9-10H2,1-3H3,(H,20,24)/t18-,19+/m0/s1. The molecule has 3 rings (SSSR count). The number of carbonyl (C=O) groups excluding carboxylic acids is 3. The van der Waals surface area contributed by atoms with Crippen molar-refractivity contribution in [1.82, 2.24) is 10.5 Å². The van der Waals surface area contributed by atoms with E-state index in [4.69, 9.17) is 9.26 Å². The molecular weight excluding hydrogens is 352 g/mol. The molecule has 8 nitrogen and oxygen atoms in total. The minimum atomic E-state index is -2.15. The van der Waals surface area contributed by atoms with E-state index in [2.05, 4.69) is 10.5 Å². The fourth-order valence-electron chi connectivity index (χ4n) is 3.59. The van der Waals surface area contributed by atoms with Gasteiger partial charge in [0, 0.05) is 12.0 Å². The molecule has 0 saturated carbocycles. The smallest absolute Gasteiger partial charge is 0.341 e. The summed E-state index contributed by atoms with van der Waals surface area (Å²) < 4.78 is 9.86. The summed E-state index contributed by atoms with van der Waals surface area (Å²) in [5, 5.41) is 16.1. The summed E-state index contributed by atoms with van der Waals surface area (Å²) in [6, 6.07) is 8.43. The van der Waals surface area contributed by atoms with Gasteiger partial charge in [0.05, 0.1) is 19.4 Å². The van der Waals surface area contributed by atoms with E-state index in [-0.39, 0.29) is 6.42 Å². The molecule has 2 N–H and O–H groups in total. The van der Waals surface area contributed by atoms with Gasteiger partial charge in [0.2, 0.25) is 11.4 Å². The first-order chi connectivity index (χ1) is 12.8. The Bertz CT molecular complexity index is 887. The van der Waals surface area contributed by atoms with Gasteiger partial charge in [0.15, 0.2) is 5.78 Å². The van der Waals surface area contributed by atoms with Crippen LogP contribution >= 0.6 is 0 Å². The number of hydrogen-bond acceptors (Lipinski definition) is 7. The second kappa shape index (κ2) is 6.62. The summed E-state index contributed by atoms with van der Waals surface area (Å²) in [5.41, 5.74) is -2.32. The van der Waals surface area contributed by atoms with E-state index in [0.29, 0.717) is 22.6 Å². The van der Waals surface area contributed by atoms with Crippen LogP contribution in [0.4, 0.5) is 0 Å². The number of aryl methyl sites for hydroxylation is 2. The number of ketones is 1. The van der Waals surface area contributed by atoms with Crippen LogP contribution in [0, 0.1) is 13.8 Å². The molecule has 2 heterocycles. The SMILES string of the molecule is COC(=O)[C@]1(CO)NC(=O)[C@@](Cc2c(C)noc2C)(c2ccccc2)C1=O. The zero-order valence-electron chi connectivity index (χ0n) is 15.2. The molecule has 142 valence electrons. The molecule has 8 heteroatoms. The summed E-state index contributed by atoms with van der Waals surface area (Å²) >= 11 is 0. The minimum absolute atomic E-state index is 0.0540. The lowest BCUT2D eigenvalue weighted by atomic mass is 9.69. The molecule has 1 aliphatic heterocycles. The highest BCUT2D eigenvalue weighted by Gasteiger charge is 2.67. The van der Waals surface area contributed by atoms with Gasteiger partial charge in [-0.1, -0.05) is 35.5 Å². The number of Topliss-reactive ketones (excluding diaryl/α,β-unsaturated/α-hetero) is 1. The topological polar surface area (TPSA) is 119 Å². The van der Waals surface area contributed by atoms with Crippen molar-refractivity contribution in [3.63, 3.8) is 0 Å². The van der Waals surface area contributed by atoms with E-state index < -0.39 is 35.2 Å². The van der Waals surface area contributed by atoms with Crippen LogP contribution in [0.1, 0.15) is 22.6 Å². The molecule has 2 atom stereocenters. The van der Waals surface area contributed by atoms with Gasteiger partial charge in [0.1, 0.15) is 11.2 Å². The van der Waals surface area contributed by atoms with Crippen LogP contribution in [0.25, 0.3) is 0 Å². The molecule has 0 aliphatic carbocycles. The highest BCUT2D eigenvalue weighted by Crippen LogP contribution is 2.40. The van der Waals surface area contributed by atoms with Gasteiger partial charge in [-0.25, -0.2) is 4.79 Å². The average molecular weight is 372 g/mol. The number of rotatable bonds is 5. The number of aliphatic hydroxyl groups is 1. The van der Waals surface area contributed by atoms with E-state index in [0.717, 1.165) is 7.11 Å². The number of esters is 1. The van der Waals surface area contributed by atoms with Gasteiger partial charge < -0.3 is 19.7 Å². The number of ether oxygens (including phenoxy) is 1. The number of aromatic nitrogens is 1. The number of aliphatic hydroxyl groups excluding tert-OH is 1. The molecule has 0 unspecified atom stereocenters. The largest absolute Gasteiger partial charge is 0.467 e. The van der Waals surface area contributed by atoms with Crippen LogP contribution in [-0.4, -0.2) is 47.2 Å². The Kier molecular flexibility index (Phi) is 4.61. The van der Waals surface area contributed by atoms with Gasteiger partial charge in [-0.2, -0.15) is 0 Å². The summed E-state index contributed by atoms with van der Waals surface area (Å²) in [6.45, 7) is 2.49. The Balaban J connectivity index is 2.24. The predicted molar refractivity (Wildman–Crippen MR) is 92.8 cm³/mol. The number of nitrogens with zero attached hydrogens (tertiary/aromatic N) is 1. The van der Waals surface area contributed by atoms with Gasteiger partial charge >= 0.3 is 5.97 Å². The van der Waals surface area contributed by atoms with Crippen molar-refractivity contribution >= 4 is 17.7 Å². The fraction of sp³-hybridized carbons (Fsp3) is 0.368. The second-order valence-corrected chi connectivity index (χ2v) is 6.59. The fourth-order valence-corrected chi connectivity index (χ4v) is 3.59. The number of hydrogen-bond donors (Lipinski definition) is 2. The quantitative estimate of drug-likeness (QED) is 0.575. The highest BCUT2D eigenvalue weighted by molar-refractivity contribution is 6.29. The number of nitrogens with one attached hydrogen (secondary N) is 1. The van der Waals surface area contributed by atoms with E-state index in [1.807, 2.05) is 0 Å². The van der Waals surface area contributed by atoms with Crippen LogP contribution in [0.5, 0.6) is 0 Å². The first kappa shape index (κ1) is 18.8. The Morgan fingerprint density at radius 1 is 1.26 bits per heavy atom. The molecule has 0 bridgehead atoms. The van der Waals surface area contributed by atoms with Crippen molar-refractivity contribution in [3.8, 4) is 0 Å². The summed E-state index contributed by atoms with van der Waals surface area (Å²) in [5.74, 6) is -1.98. The highest BCUT2D eigenvalue weighted by atomic mass is 16.5. The van der Waals surface area contributed by atoms with Crippen LogP contribution in [0.15, 0.2) is 34.9 Å². The summed E-state index contributed by atoms with van der Waals surface area (Å²) in [4.78, 5) is 39.0. The number of methoxy groups -OCH3 is 1. The van der Waals surface area contributed by atoms with Gasteiger partial charge in [0.25, 0.3) is 0 Å². The number of benzene rings is 1. The molecular formula is C19H20N2O6. The van der Waals surface area contributed by atoms with E-state index in [1.165, 1.54) is 0 Å². The maximum atomic E-state index is 13.5. The molecule has 1 aromatic carbocycles. The Morgan fingerprint density at radius 3 is 2.44 bits per heavy atom. The molecule has 0 radical (unpaired) electrons. The first-order valence-corrected chi connectivity index (χ1v) is 8.37. The summed E-state index contributed by atoms with van der Waals surface area (Å²) in [6.07, 6.45) is -0.0540. The van der Waals surface area contributed by atoms with Crippen molar-refractivity contribution in [2.45, 2.75) is 31.2 Å². The van der Waals surface area contributed by atoms with Gasteiger partial charge in [-0.15, -0.1) is 0 Å². The van der Waals surface area contributed by atoms with E-state index in [1.54, 1.807) is 44.2 Å². The zero-order valence-corrected chi connectivity index (χ0v) is 15.2. The lowest BCUT2D eigenvalue weighted by Crippen LogP contribution is -2.58. The lowest BCUT2D eigenvalue weighted by Gasteiger charge is -2.27. The maximum Gasteiger partial charge on any atom is 0.341 e. The molecule has 2 aromatic rings. The average Bonchev–Trinajstić information content (AvgIpc) is 3.12. The van der Waals surface area contributed by atoms with Crippen molar-refractivity contribution in [2.75, 3.05) is 13.7 Å². The molecule has 1 fully saturated rings. The molecule has 1 amide bonds. The zero-order chi connectivity index (χ0) is 19.8. The Labute approximate surface area is 155 Å². The Morgan fingerprint density at radius 2 is 1.93 bits per heavy atom. The van der Waals surface area contributed by atoms with E-state index in [9.17, 15) is 19.5 Å². The monoisotopic (exact) mass is 372 g/mol. The Hall–Kier alpha value is -3.00. The third-order valence-electron chi connectivity index (χ3n) is 5.15. The van der Waals surface area contributed by atoms with Gasteiger partial charge in [-0.05, 0) is 19.4 Å². The minimum Gasteiger partial charge on any atom is -0.467 e. The molecule has 0 spiro atoms. The molecule has 1 saturated heterocycles. The predicted octanol–water partition coefficient (Wildman–Crippen LogP) is 0.375. The second-order valence-electron chi connectivity index (χ2n) is 6.59. The van der Waals surface area contributed by atoms with E-state index >= 15 is 0 Å². The van der Waals surface area contributed by atoms with Crippen LogP contribution < -0.4 is 5.32 Å². The lowest BCUT2D eigenvalue weighted by molar-refractivity contribution is -0.154. The van der Waals surface area contributed by atoms with Crippen LogP contribution in [0.3, 0.4) is 0 Å². The van der Waals surface area contributed by atoms with Crippen molar-refractivity contribution in [3.05, 3.63) is 52.9 Å². The maximum absolute atomic E-state index is 13.5. The van der Waals surface area contributed by atoms with Gasteiger partial charge in [-0.3, -0.25) is 9.59 Å². The van der Waals surface area contributed by atoms with Crippen LogP contribution in [0.2, 0.25) is 0 Å². The number of amides is 1.